The Labute approximate surface area is 100 Å². The lowest BCUT2D eigenvalue weighted by atomic mass is 9.90. The third-order valence-corrected chi connectivity index (χ3v) is 4.28. The molecule has 0 aromatic heterocycles. The Hall–Kier alpha value is -0.0800. The lowest BCUT2D eigenvalue weighted by Gasteiger charge is -2.40. The van der Waals surface area contributed by atoms with Crippen molar-refractivity contribution in [1.82, 2.24) is 5.32 Å². The third kappa shape index (κ3) is 2.98. The summed E-state index contributed by atoms with van der Waals surface area (Å²) in [4.78, 5) is 0. The lowest BCUT2D eigenvalue weighted by Crippen LogP contribution is -2.52. The molecule has 94 valence electrons. The van der Waals surface area contributed by atoms with Gasteiger partial charge in [0.1, 0.15) is 0 Å². The number of rotatable bonds is 2. The highest BCUT2D eigenvalue weighted by molar-refractivity contribution is 4.91. The summed E-state index contributed by atoms with van der Waals surface area (Å²) in [5, 5.41) is 3.54. The van der Waals surface area contributed by atoms with E-state index in [0.717, 1.165) is 19.0 Å². The highest BCUT2D eigenvalue weighted by Gasteiger charge is 2.37. The van der Waals surface area contributed by atoms with Crippen molar-refractivity contribution >= 4 is 0 Å². The first-order valence-electron chi connectivity index (χ1n) is 7.13. The highest BCUT2D eigenvalue weighted by Crippen LogP contribution is 2.36. The van der Waals surface area contributed by atoms with Gasteiger partial charge >= 0.3 is 0 Å². The molecule has 2 rings (SSSR count). The van der Waals surface area contributed by atoms with Gasteiger partial charge in [-0.25, -0.2) is 0 Å². The average Bonchev–Trinajstić information content (AvgIpc) is 2.43. The molecule has 1 aliphatic carbocycles. The normalized spacial score (nSPS) is 40.9. The fourth-order valence-corrected chi connectivity index (χ4v) is 3.45. The smallest absolute Gasteiger partial charge is 0.0810 e. The molecule has 1 N–H and O–H groups in total. The van der Waals surface area contributed by atoms with Crippen LogP contribution in [0.1, 0.15) is 58.8 Å². The van der Waals surface area contributed by atoms with Crippen LogP contribution in [0.15, 0.2) is 0 Å². The van der Waals surface area contributed by atoms with E-state index in [1.165, 1.54) is 44.9 Å². The van der Waals surface area contributed by atoms with E-state index in [2.05, 4.69) is 19.2 Å². The molecule has 1 heterocycles. The van der Waals surface area contributed by atoms with Gasteiger partial charge in [0.05, 0.1) is 11.7 Å². The zero-order chi connectivity index (χ0) is 11.4. The van der Waals surface area contributed by atoms with Crippen molar-refractivity contribution in [2.24, 2.45) is 5.92 Å². The van der Waals surface area contributed by atoms with Gasteiger partial charge < -0.3 is 10.1 Å². The van der Waals surface area contributed by atoms with Crippen LogP contribution < -0.4 is 5.32 Å². The van der Waals surface area contributed by atoms with Gasteiger partial charge in [-0.1, -0.05) is 32.6 Å². The van der Waals surface area contributed by atoms with Crippen molar-refractivity contribution in [2.75, 3.05) is 13.1 Å². The lowest BCUT2D eigenvalue weighted by molar-refractivity contribution is -0.117. The summed E-state index contributed by atoms with van der Waals surface area (Å²) in [6, 6.07) is 0. The zero-order valence-corrected chi connectivity index (χ0v) is 10.9. The molecule has 1 spiro atoms. The Morgan fingerprint density at radius 1 is 1.31 bits per heavy atom. The van der Waals surface area contributed by atoms with E-state index in [1.54, 1.807) is 0 Å². The van der Waals surface area contributed by atoms with Crippen LogP contribution in [0.5, 0.6) is 0 Å². The first kappa shape index (κ1) is 12.4. The minimum absolute atomic E-state index is 0.181. The highest BCUT2D eigenvalue weighted by atomic mass is 16.5. The fraction of sp³-hybridized carbons (Fsp3) is 1.00. The van der Waals surface area contributed by atoms with Crippen molar-refractivity contribution < 1.29 is 4.74 Å². The summed E-state index contributed by atoms with van der Waals surface area (Å²) in [6.45, 7) is 6.61. The first-order valence-corrected chi connectivity index (χ1v) is 7.13. The van der Waals surface area contributed by atoms with Crippen LogP contribution in [0.3, 0.4) is 0 Å². The fourth-order valence-electron chi connectivity index (χ4n) is 3.45. The Morgan fingerprint density at radius 2 is 2.19 bits per heavy atom. The van der Waals surface area contributed by atoms with Crippen LogP contribution in [0, 0.1) is 5.92 Å². The van der Waals surface area contributed by atoms with E-state index in [4.69, 9.17) is 4.74 Å². The summed E-state index contributed by atoms with van der Waals surface area (Å²) in [6.07, 6.45) is 9.86. The third-order valence-electron chi connectivity index (χ3n) is 4.28. The number of nitrogens with one attached hydrogen (secondary N) is 1. The van der Waals surface area contributed by atoms with Crippen molar-refractivity contribution in [2.45, 2.75) is 70.5 Å². The number of hydrogen-bond donors (Lipinski definition) is 1. The predicted octanol–water partition coefficient (Wildman–Crippen LogP) is 3.11. The minimum Gasteiger partial charge on any atom is -0.369 e. The monoisotopic (exact) mass is 225 g/mol. The van der Waals surface area contributed by atoms with Crippen molar-refractivity contribution in [1.29, 1.82) is 0 Å². The summed E-state index contributed by atoms with van der Waals surface area (Å²) in [5.41, 5.74) is 0.181. The molecule has 2 fully saturated rings. The second kappa shape index (κ2) is 5.50. The molecular formula is C14H27NO. The van der Waals surface area contributed by atoms with Crippen LogP contribution in [-0.2, 0) is 4.74 Å². The van der Waals surface area contributed by atoms with Gasteiger partial charge in [0.15, 0.2) is 0 Å². The maximum atomic E-state index is 6.26. The van der Waals surface area contributed by atoms with E-state index in [9.17, 15) is 0 Å². The average molecular weight is 225 g/mol. The SMILES string of the molecule is CCCC1CCCC2(CC1)CNCC(C)O2. The summed E-state index contributed by atoms with van der Waals surface area (Å²) in [5.74, 6) is 0.963. The van der Waals surface area contributed by atoms with Gasteiger partial charge in [0.25, 0.3) is 0 Å². The second-order valence-electron chi connectivity index (χ2n) is 5.83. The number of ether oxygens (including phenoxy) is 1. The second-order valence-corrected chi connectivity index (χ2v) is 5.83. The quantitative estimate of drug-likeness (QED) is 0.779. The Morgan fingerprint density at radius 3 is 2.94 bits per heavy atom. The van der Waals surface area contributed by atoms with Crippen LogP contribution >= 0.6 is 0 Å². The van der Waals surface area contributed by atoms with Crippen LogP contribution in [0.25, 0.3) is 0 Å². The molecule has 16 heavy (non-hydrogen) atoms. The Bertz CT molecular complexity index is 219. The van der Waals surface area contributed by atoms with Gasteiger partial charge in [-0.15, -0.1) is 0 Å². The maximum absolute atomic E-state index is 6.26. The molecule has 0 aromatic carbocycles. The van der Waals surface area contributed by atoms with E-state index < -0.39 is 0 Å². The molecule has 0 aromatic rings. The minimum atomic E-state index is 0.181. The molecule has 0 bridgehead atoms. The zero-order valence-electron chi connectivity index (χ0n) is 10.9. The van der Waals surface area contributed by atoms with Crippen LogP contribution in [0.2, 0.25) is 0 Å². The molecule has 3 unspecified atom stereocenters. The number of morpholine rings is 1. The van der Waals surface area contributed by atoms with E-state index >= 15 is 0 Å². The van der Waals surface area contributed by atoms with Crippen molar-refractivity contribution in [3.8, 4) is 0 Å². The Kier molecular flexibility index (Phi) is 4.26. The molecule has 1 saturated carbocycles. The van der Waals surface area contributed by atoms with E-state index in [1.807, 2.05) is 0 Å². The first-order chi connectivity index (χ1) is 7.74. The van der Waals surface area contributed by atoms with Gasteiger partial charge in [-0.05, 0) is 32.1 Å². The van der Waals surface area contributed by atoms with Gasteiger partial charge in [0, 0.05) is 13.1 Å². The van der Waals surface area contributed by atoms with Gasteiger partial charge in [-0.2, -0.15) is 0 Å². The molecular weight excluding hydrogens is 198 g/mol. The molecule has 3 atom stereocenters. The predicted molar refractivity (Wildman–Crippen MR) is 67.6 cm³/mol. The molecule has 0 radical (unpaired) electrons. The van der Waals surface area contributed by atoms with Gasteiger partial charge in [-0.3, -0.25) is 0 Å². The largest absolute Gasteiger partial charge is 0.369 e. The molecule has 1 saturated heterocycles. The van der Waals surface area contributed by atoms with E-state index in [0.29, 0.717) is 6.10 Å². The van der Waals surface area contributed by atoms with Crippen LogP contribution in [0.4, 0.5) is 0 Å². The maximum Gasteiger partial charge on any atom is 0.0810 e. The molecule has 2 heteroatoms. The molecule has 2 nitrogen and oxygen atoms in total. The summed E-state index contributed by atoms with van der Waals surface area (Å²) < 4.78 is 6.26. The van der Waals surface area contributed by atoms with Crippen molar-refractivity contribution in [3.63, 3.8) is 0 Å². The topological polar surface area (TPSA) is 21.3 Å². The standard InChI is InChI=1S/C14H27NO/c1-3-5-13-6-4-8-14(9-7-13)11-15-10-12(2)16-14/h12-13,15H,3-11H2,1-2H3. The molecule has 0 amide bonds. The summed E-state index contributed by atoms with van der Waals surface area (Å²) >= 11 is 0. The van der Waals surface area contributed by atoms with Crippen molar-refractivity contribution in [3.05, 3.63) is 0 Å². The number of hydrogen-bond acceptors (Lipinski definition) is 2. The van der Waals surface area contributed by atoms with Crippen LogP contribution in [-0.4, -0.2) is 24.8 Å². The van der Waals surface area contributed by atoms with E-state index in [-0.39, 0.29) is 5.60 Å². The summed E-state index contributed by atoms with van der Waals surface area (Å²) in [7, 11) is 0. The molecule has 1 aliphatic heterocycles. The van der Waals surface area contributed by atoms with Gasteiger partial charge in [0.2, 0.25) is 0 Å². The Balaban J connectivity index is 1.91. The molecule has 2 aliphatic rings.